The highest BCUT2D eigenvalue weighted by molar-refractivity contribution is 5.34. The summed E-state index contributed by atoms with van der Waals surface area (Å²) in [5.74, 6) is 0.836. The number of nitrogens with zero attached hydrogens (tertiary/aromatic N) is 2. The van der Waals surface area contributed by atoms with Gasteiger partial charge in [-0.25, -0.2) is 0 Å². The van der Waals surface area contributed by atoms with Crippen LogP contribution in [0.2, 0.25) is 0 Å². The minimum Gasteiger partial charge on any atom is -0.314 e. The van der Waals surface area contributed by atoms with Gasteiger partial charge in [0.15, 0.2) is 0 Å². The van der Waals surface area contributed by atoms with Crippen molar-refractivity contribution in [3.05, 3.63) is 144 Å². The average Bonchev–Trinajstić information content (AvgIpc) is 3.05. The Labute approximate surface area is 248 Å². The average molecular weight is 546 g/mol. The summed E-state index contributed by atoms with van der Waals surface area (Å²) in [4.78, 5) is 5.30. The molecular formula is C38H47N3. The predicted molar refractivity (Wildman–Crippen MR) is 174 cm³/mol. The van der Waals surface area contributed by atoms with Crippen LogP contribution >= 0.6 is 0 Å². The van der Waals surface area contributed by atoms with Crippen LogP contribution in [0.1, 0.15) is 60.3 Å². The summed E-state index contributed by atoms with van der Waals surface area (Å²) >= 11 is 0. The van der Waals surface area contributed by atoms with Crippen molar-refractivity contribution in [2.45, 2.75) is 44.1 Å². The molecule has 0 bridgehead atoms. The first-order valence-corrected chi connectivity index (χ1v) is 15.7. The molecule has 1 aliphatic heterocycles. The molecule has 3 nitrogen and oxygen atoms in total. The zero-order valence-electron chi connectivity index (χ0n) is 24.7. The van der Waals surface area contributed by atoms with Gasteiger partial charge in [0.25, 0.3) is 0 Å². The number of hydrogen-bond donors (Lipinski definition) is 1. The summed E-state index contributed by atoms with van der Waals surface area (Å²) < 4.78 is 0. The molecule has 0 amide bonds. The second-order valence-electron chi connectivity index (χ2n) is 11.5. The molecule has 5 rings (SSSR count). The van der Waals surface area contributed by atoms with Gasteiger partial charge in [-0.3, -0.25) is 0 Å². The molecule has 41 heavy (non-hydrogen) atoms. The van der Waals surface area contributed by atoms with E-state index >= 15 is 0 Å². The van der Waals surface area contributed by atoms with Crippen LogP contribution in [0.4, 0.5) is 0 Å². The van der Waals surface area contributed by atoms with E-state index in [1.165, 1.54) is 54.6 Å². The second kappa shape index (κ2) is 15.7. The monoisotopic (exact) mass is 545 g/mol. The lowest BCUT2D eigenvalue weighted by molar-refractivity contribution is 0.191. The molecule has 0 saturated carbocycles. The van der Waals surface area contributed by atoms with Gasteiger partial charge >= 0.3 is 0 Å². The third kappa shape index (κ3) is 8.63. The first-order valence-electron chi connectivity index (χ1n) is 15.7. The Kier molecular flexibility index (Phi) is 11.2. The summed E-state index contributed by atoms with van der Waals surface area (Å²) in [5, 5.41) is 3.90. The predicted octanol–water partition coefficient (Wildman–Crippen LogP) is 7.42. The molecule has 214 valence electrons. The normalized spacial score (nSPS) is 14.7. The van der Waals surface area contributed by atoms with Crippen molar-refractivity contribution >= 4 is 0 Å². The van der Waals surface area contributed by atoms with Crippen molar-refractivity contribution in [1.82, 2.24) is 15.1 Å². The fraction of sp³-hybridized carbons (Fsp3) is 0.368. The molecule has 1 heterocycles. The number of nitrogens with one attached hydrogen (secondary N) is 1. The molecule has 0 radical (unpaired) electrons. The third-order valence-corrected chi connectivity index (χ3v) is 8.81. The quantitative estimate of drug-likeness (QED) is 0.166. The summed E-state index contributed by atoms with van der Waals surface area (Å²) in [5.41, 5.74) is 5.65. The Balaban J connectivity index is 1.07. The lowest BCUT2D eigenvalue weighted by Gasteiger charge is -2.35. The molecular weight excluding hydrogens is 498 g/mol. The van der Waals surface area contributed by atoms with Crippen LogP contribution in [0.3, 0.4) is 0 Å². The Bertz CT molecular complexity index is 1160. The minimum absolute atomic E-state index is 0.408. The van der Waals surface area contributed by atoms with Gasteiger partial charge in [-0.15, -0.1) is 0 Å². The van der Waals surface area contributed by atoms with Crippen LogP contribution < -0.4 is 5.32 Å². The molecule has 0 atom stereocenters. The number of rotatable bonds is 14. The fourth-order valence-electron chi connectivity index (χ4n) is 6.37. The largest absolute Gasteiger partial charge is 0.314 e. The standard InChI is InChI=1S/C38H47N3/c1-2-40(30-37(32-16-7-3-8-17-32)33-18-9-4-10-19-33)27-15-26-39-36-24-28-41(29-25-36)31-38(34-20-11-5-12-21-34)35-22-13-6-14-23-35/h3-14,16-23,36-39H,2,15,24-31H2,1H3. The molecule has 0 aromatic heterocycles. The zero-order valence-corrected chi connectivity index (χ0v) is 24.7. The van der Waals surface area contributed by atoms with Crippen molar-refractivity contribution in [3.8, 4) is 0 Å². The Morgan fingerprint density at radius 3 is 1.54 bits per heavy atom. The van der Waals surface area contributed by atoms with E-state index in [4.69, 9.17) is 0 Å². The summed E-state index contributed by atoms with van der Waals surface area (Å²) in [6, 6.07) is 44.7. The topological polar surface area (TPSA) is 18.5 Å². The first kappa shape index (κ1) is 29.3. The molecule has 0 unspecified atom stereocenters. The van der Waals surface area contributed by atoms with E-state index in [1.807, 2.05) is 0 Å². The van der Waals surface area contributed by atoms with Gasteiger partial charge < -0.3 is 15.1 Å². The molecule has 1 saturated heterocycles. The van der Waals surface area contributed by atoms with Crippen molar-refractivity contribution in [3.63, 3.8) is 0 Å². The molecule has 3 heteroatoms. The smallest absolute Gasteiger partial charge is 0.0217 e. The molecule has 1 fully saturated rings. The number of likely N-dealkylation sites (N-methyl/N-ethyl adjacent to an activating group) is 1. The highest BCUT2D eigenvalue weighted by atomic mass is 15.1. The second-order valence-corrected chi connectivity index (χ2v) is 11.5. The lowest BCUT2D eigenvalue weighted by atomic mass is 9.90. The summed E-state index contributed by atoms with van der Waals surface area (Å²) in [7, 11) is 0. The highest BCUT2D eigenvalue weighted by Crippen LogP contribution is 2.28. The first-order chi connectivity index (χ1) is 20.3. The molecule has 1 N–H and O–H groups in total. The Hall–Kier alpha value is -3.24. The molecule has 4 aromatic rings. The highest BCUT2D eigenvalue weighted by Gasteiger charge is 2.23. The molecule has 0 spiro atoms. The zero-order chi connectivity index (χ0) is 28.1. The number of benzene rings is 4. The van der Waals surface area contributed by atoms with E-state index in [1.54, 1.807) is 0 Å². The van der Waals surface area contributed by atoms with Gasteiger partial charge in [0, 0.05) is 31.0 Å². The Morgan fingerprint density at radius 1 is 0.659 bits per heavy atom. The van der Waals surface area contributed by atoms with E-state index in [-0.39, 0.29) is 0 Å². The maximum atomic E-state index is 3.90. The SMILES string of the molecule is CCN(CCCNC1CCN(CC(c2ccccc2)c2ccccc2)CC1)CC(c1ccccc1)c1ccccc1. The lowest BCUT2D eigenvalue weighted by Crippen LogP contribution is -2.44. The summed E-state index contributed by atoms with van der Waals surface area (Å²) in [6.45, 7) is 10.1. The van der Waals surface area contributed by atoms with Gasteiger partial charge in [0.05, 0.1) is 0 Å². The number of hydrogen-bond acceptors (Lipinski definition) is 3. The summed E-state index contributed by atoms with van der Waals surface area (Å²) in [6.07, 6.45) is 3.66. The van der Waals surface area contributed by atoms with Crippen LogP contribution in [-0.4, -0.2) is 61.7 Å². The van der Waals surface area contributed by atoms with Crippen LogP contribution in [0.15, 0.2) is 121 Å². The van der Waals surface area contributed by atoms with Crippen LogP contribution in [-0.2, 0) is 0 Å². The van der Waals surface area contributed by atoms with E-state index in [2.05, 4.69) is 143 Å². The fourth-order valence-corrected chi connectivity index (χ4v) is 6.37. The molecule has 0 aliphatic carbocycles. The van der Waals surface area contributed by atoms with Crippen LogP contribution in [0.25, 0.3) is 0 Å². The van der Waals surface area contributed by atoms with Crippen molar-refractivity contribution < 1.29 is 0 Å². The van der Waals surface area contributed by atoms with Gasteiger partial charge in [0.2, 0.25) is 0 Å². The number of likely N-dealkylation sites (tertiary alicyclic amines) is 1. The van der Waals surface area contributed by atoms with Crippen LogP contribution in [0.5, 0.6) is 0 Å². The van der Waals surface area contributed by atoms with Crippen molar-refractivity contribution in [1.29, 1.82) is 0 Å². The van der Waals surface area contributed by atoms with Gasteiger partial charge in [-0.05, 0) is 74.2 Å². The van der Waals surface area contributed by atoms with E-state index in [9.17, 15) is 0 Å². The van der Waals surface area contributed by atoms with E-state index in [0.717, 1.165) is 32.7 Å². The third-order valence-electron chi connectivity index (χ3n) is 8.81. The number of piperidine rings is 1. The van der Waals surface area contributed by atoms with Crippen LogP contribution in [0, 0.1) is 0 Å². The van der Waals surface area contributed by atoms with Crippen molar-refractivity contribution in [2.24, 2.45) is 0 Å². The molecule has 4 aromatic carbocycles. The maximum absolute atomic E-state index is 3.90. The van der Waals surface area contributed by atoms with Gasteiger partial charge in [-0.2, -0.15) is 0 Å². The van der Waals surface area contributed by atoms with Gasteiger partial charge in [0.1, 0.15) is 0 Å². The van der Waals surface area contributed by atoms with E-state index < -0.39 is 0 Å². The van der Waals surface area contributed by atoms with Crippen molar-refractivity contribution in [2.75, 3.05) is 45.8 Å². The van der Waals surface area contributed by atoms with E-state index in [0.29, 0.717) is 17.9 Å². The minimum atomic E-state index is 0.408. The maximum Gasteiger partial charge on any atom is 0.0217 e. The van der Waals surface area contributed by atoms with Gasteiger partial charge in [-0.1, -0.05) is 128 Å². The Morgan fingerprint density at radius 2 is 1.10 bits per heavy atom. The molecule has 1 aliphatic rings.